The molecule has 0 atom stereocenters. The van der Waals surface area contributed by atoms with Gasteiger partial charge in [0.25, 0.3) is 0 Å². The summed E-state index contributed by atoms with van der Waals surface area (Å²) in [6, 6.07) is 9.60. The summed E-state index contributed by atoms with van der Waals surface area (Å²) in [6.07, 6.45) is 1.67. The van der Waals surface area contributed by atoms with Gasteiger partial charge in [-0.1, -0.05) is 6.07 Å². The Bertz CT molecular complexity index is 688. The zero-order valence-corrected chi connectivity index (χ0v) is 9.34. The second-order valence-corrected chi connectivity index (χ2v) is 3.89. The molecule has 4 nitrogen and oxygen atoms in total. The topological polar surface area (TPSA) is 64.9 Å². The fourth-order valence-electron chi connectivity index (χ4n) is 1.79. The van der Waals surface area contributed by atoms with E-state index >= 15 is 0 Å². The van der Waals surface area contributed by atoms with E-state index in [-0.39, 0.29) is 0 Å². The van der Waals surface area contributed by atoms with Gasteiger partial charge in [0.2, 0.25) is 0 Å². The molecule has 0 aromatic carbocycles. The van der Waals surface area contributed by atoms with Crippen molar-refractivity contribution in [3.8, 4) is 11.5 Å². The number of nitrogens with two attached hydrogens (primary N) is 1. The Labute approximate surface area is 98.1 Å². The molecule has 3 rings (SSSR count). The van der Waals surface area contributed by atoms with Gasteiger partial charge < -0.3 is 10.2 Å². The standard InChI is InChI=1S/C13H11N3O/c1-8-3-2-4-10(16-8)11-7-9-5-6-15-13(14)12(9)17-11/h2-7H,1H3,(H2,14,15). The number of pyridine rings is 2. The number of fused-ring (bicyclic) bond motifs is 1. The van der Waals surface area contributed by atoms with Crippen LogP contribution in [0.25, 0.3) is 22.4 Å². The van der Waals surface area contributed by atoms with E-state index in [9.17, 15) is 0 Å². The third kappa shape index (κ3) is 1.63. The monoisotopic (exact) mass is 225 g/mol. The molecule has 0 aliphatic heterocycles. The molecule has 3 heterocycles. The van der Waals surface area contributed by atoms with Crippen molar-refractivity contribution in [3.05, 3.63) is 42.2 Å². The van der Waals surface area contributed by atoms with Gasteiger partial charge in [0, 0.05) is 17.3 Å². The minimum absolute atomic E-state index is 0.404. The molecule has 0 saturated carbocycles. The highest BCUT2D eigenvalue weighted by Crippen LogP contribution is 2.28. The first-order chi connectivity index (χ1) is 8.24. The van der Waals surface area contributed by atoms with Crippen LogP contribution in [0.15, 0.2) is 40.9 Å². The lowest BCUT2D eigenvalue weighted by atomic mass is 10.2. The summed E-state index contributed by atoms with van der Waals surface area (Å²) in [7, 11) is 0. The van der Waals surface area contributed by atoms with Crippen molar-refractivity contribution in [2.24, 2.45) is 0 Å². The van der Waals surface area contributed by atoms with Gasteiger partial charge >= 0.3 is 0 Å². The zero-order chi connectivity index (χ0) is 11.8. The summed E-state index contributed by atoms with van der Waals surface area (Å²) < 4.78 is 5.69. The highest BCUT2D eigenvalue weighted by atomic mass is 16.3. The lowest BCUT2D eigenvalue weighted by Crippen LogP contribution is -1.87. The van der Waals surface area contributed by atoms with Crippen molar-refractivity contribution in [3.63, 3.8) is 0 Å². The van der Waals surface area contributed by atoms with E-state index in [1.165, 1.54) is 0 Å². The second-order valence-electron chi connectivity index (χ2n) is 3.89. The molecule has 17 heavy (non-hydrogen) atoms. The Balaban J connectivity index is 2.22. The third-order valence-electron chi connectivity index (χ3n) is 2.60. The lowest BCUT2D eigenvalue weighted by molar-refractivity contribution is 0.628. The summed E-state index contributed by atoms with van der Waals surface area (Å²) in [5.41, 5.74) is 8.13. The van der Waals surface area contributed by atoms with Crippen molar-refractivity contribution in [2.75, 3.05) is 5.73 Å². The first-order valence-electron chi connectivity index (χ1n) is 5.32. The molecule has 84 valence electrons. The van der Waals surface area contributed by atoms with E-state index in [4.69, 9.17) is 10.2 Å². The Morgan fingerprint density at radius 2 is 2.12 bits per heavy atom. The molecule has 0 bridgehead atoms. The Morgan fingerprint density at radius 3 is 2.88 bits per heavy atom. The Hall–Kier alpha value is -2.36. The van der Waals surface area contributed by atoms with Gasteiger partial charge in [-0.2, -0.15) is 0 Å². The zero-order valence-electron chi connectivity index (χ0n) is 9.34. The highest BCUT2D eigenvalue weighted by molar-refractivity contribution is 5.88. The number of furan rings is 1. The number of aromatic nitrogens is 2. The van der Waals surface area contributed by atoms with E-state index in [1.807, 2.05) is 37.3 Å². The summed E-state index contributed by atoms with van der Waals surface area (Å²) in [6.45, 7) is 1.95. The molecular weight excluding hydrogens is 214 g/mol. The summed E-state index contributed by atoms with van der Waals surface area (Å²) in [5, 5.41) is 0.941. The largest absolute Gasteiger partial charge is 0.451 e. The molecule has 0 saturated heterocycles. The fourth-order valence-corrected chi connectivity index (χ4v) is 1.79. The number of nitrogens with zero attached hydrogens (tertiary/aromatic N) is 2. The van der Waals surface area contributed by atoms with Crippen LogP contribution in [-0.4, -0.2) is 9.97 Å². The van der Waals surface area contributed by atoms with Crippen molar-refractivity contribution >= 4 is 16.8 Å². The van der Waals surface area contributed by atoms with E-state index in [0.717, 1.165) is 16.8 Å². The average Bonchev–Trinajstić information content (AvgIpc) is 2.74. The van der Waals surface area contributed by atoms with Crippen LogP contribution >= 0.6 is 0 Å². The number of rotatable bonds is 1. The smallest absolute Gasteiger partial charge is 0.176 e. The average molecular weight is 225 g/mol. The molecule has 0 fully saturated rings. The molecule has 0 aliphatic rings. The van der Waals surface area contributed by atoms with Crippen molar-refractivity contribution in [2.45, 2.75) is 6.92 Å². The van der Waals surface area contributed by atoms with Crippen LogP contribution in [0.1, 0.15) is 5.69 Å². The second kappa shape index (κ2) is 3.59. The quantitative estimate of drug-likeness (QED) is 0.691. The minimum atomic E-state index is 0.404. The van der Waals surface area contributed by atoms with Crippen LogP contribution in [0.4, 0.5) is 5.82 Å². The van der Waals surface area contributed by atoms with Gasteiger partial charge in [0.1, 0.15) is 5.69 Å². The molecule has 0 aliphatic carbocycles. The normalized spacial score (nSPS) is 10.9. The SMILES string of the molecule is Cc1cccc(-c2cc3ccnc(N)c3o2)n1. The van der Waals surface area contributed by atoms with Crippen molar-refractivity contribution in [1.29, 1.82) is 0 Å². The van der Waals surface area contributed by atoms with Gasteiger partial charge in [-0.15, -0.1) is 0 Å². The molecule has 3 aromatic heterocycles. The van der Waals surface area contributed by atoms with Crippen LogP contribution < -0.4 is 5.73 Å². The number of hydrogen-bond donors (Lipinski definition) is 1. The molecule has 0 radical (unpaired) electrons. The van der Waals surface area contributed by atoms with E-state index in [1.54, 1.807) is 6.20 Å². The van der Waals surface area contributed by atoms with Gasteiger partial charge in [0.05, 0.1) is 0 Å². The molecule has 3 aromatic rings. The van der Waals surface area contributed by atoms with E-state index in [2.05, 4.69) is 9.97 Å². The van der Waals surface area contributed by atoms with Crippen LogP contribution in [0.3, 0.4) is 0 Å². The maximum Gasteiger partial charge on any atom is 0.176 e. The maximum absolute atomic E-state index is 5.75. The third-order valence-corrected chi connectivity index (χ3v) is 2.60. The first kappa shape index (κ1) is 9.84. The lowest BCUT2D eigenvalue weighted by Gasteiger charge is -1.96. The summed E-state index contributed by atoms with van der Waals surface area (Å²) in [4.78, 5) is 8.41. The maximum atomic E-state index is 5.75. The molecule has 4 heteroatoms. The number of nitrogen functional groups attached to an aromatic ring is 1. The minimum Gasteiger partial charge on any atom is -0.451 e. The predicted molar refractivity (Wildman–Crippen MR) is 66.4 cm³/mol. The van der Waals surface area contributed by atoms with Crippen molar-refractivity contribution < 1.29 is 4.42 Å². The molecule has 0 unspecified atom stereocenters. The molecule has 2 N–H and O–H groups in total. The van der Waals surface area contributed by atoms with E-state index in [0.29, 0.717) is 17.2 Å². The highest BCUT2D eigenvalue weighted by Gasteiger charge is 2.09. The first-order valence-corrected chi connectivity index (χ1v) is 5.32. The fraction of sp³-hybridized carbons (Fsp3) is 0.0769. The number of hydrogen-bond acceptors (Lipinski definition) is 4. The number of anilines is 1. The Kier molecular flexibility index (Phi) is 2.08. The summed E-state index contributed by atoms with van der Waals surface area (Å²) in [5.74, 6) is 1.12. The van der Waals surface area contributed by atoms with Crippen LogP contribution in [-0.2, 0) is 0 Å². The van der Waals surface area contributed by atoms with Crippen LogP contribution in [0, 0.1) is 6.92 Å². The van der Waals surface area contributed by atoms with Gasteiger partial charge in [-0.05, 0) is 31.2 Å². The molecule has 0 spiro atoms. The van der Waals surface area contributed by atoms with Crippen LogP contribution in [0.2, 0.25) is 0 Å². The van der Waals surface area contributed by atoms with Crippen LogP contribution in [0.5, 0.6) is 0 Å². The van der Waals surface area contributed by atoms with Crippen molar-refractivity contribution in [1.82, 2.24) is 9.97 Å². The summed E-state index contributed by atoms with van der Waals surface area (Å²) >= 11 is 0. The van der Waals surface area contributed by atoms with Gasteiger partial charge in [-0.25, -0.2) is 9.97 Å². The van der Waals surface area contributed by atoms with E-state index < -0.39 is 0 Å². The Morgan fingerprint density at radius 1 is 1.24 bits per heavy atom. The van der Waals surface area contributed by atoms with Gasteiger partial charge in [-0.3, -0.25) is 0 Å². The number of aryl methyl sites for hydroxylation is 1. The van der Waals surface area contributed by atoms with Gasteiger partial charge in [0.15, 0.2) is 17.2 Å². The predicted octanol–water partition coefficient (Wildman–Crippen LogP) is 2.78. The molecular formula is C13H11N3O. The molecule has 0 amide bonds.